The zero-order valence-corrected chi connectivity index (χ0v) is 13.2. The molecule has 0 aromatic rings. The van der Waals surface area contributed by atoms with E-state index in [4.69, 9.17) is 4.74 Å². The molecule has 106 valence electrons. The van der Waals surface area contributed by atoms with Gasteiger partial charge in [-0.2, -0.15) is 0 Å². The molecule has 0 aromatic heterocycles. The van der Waals surface area contributed by atoms with Gasteiger partial charge in [0, 0.05) is 18.0 Å². The smallest absolute Gasteiger partial charge is 0.179 e. The van der Waals surface area contributed by atoms with Crippen molar-refractivity contribution in [2.45, 2.75) is 73.3 Å². The fourth-order valence-corrected chi connectivity index (χ4v) is 2.16. The molecule has 1 saturated heterocycles. The molecule has 1 rings (SSSR count). The molecule has 0 bridgehead atoms. The Morgan fingerprint density at radius 1 is 1.17 bits per heavy atom. The second-order valence-electron chi connectivity index (χ2n) is 7.72. The lowest BCUT2D eigenvalue weighted by Gasteiger charge is -2.35. The maximum Gasteiger partial charge on any atom is 0.179 e. The quantitative estimate of drug-likeness (QED) is 0.759. The Balaban J connectivity index is 2.96. The van der Waals surface area contributed by atoms with E-state index in [1.54, 1.807) is 0 Å². The highest BCUT2D eigenvalue weighted by Gasteiger charge is 2.46. The highest BCUT2D eigenvalue weighted by molar-refractivity contribution is 5.84. The number of hydrogen-bond donors (Lipinski definition) is 0. The van der Waals surface area contributed by atoms with Crippen LogP contribution in [0.1, 0.15) is 55.4 Å². The summed E-state index contributed by atoms with van der Waals surface area (Å²) in [5, 5.41) is 0. The van der Waals surface area contributed by atoms with Crippen LogP contribution in [-0.4, -0.2) is 35.1 Å². The Bertz CT molecular complexity index is 309. The number of ether oxygens (including phenoxy) is 1. The third-order valence-corrected chi connectivity index (χ3v) is 3.58. The topological polar surface area (TPSA) is 29.5 Å². The molecule has 1 fully saturated rings. The number of ketones is 1. The minimum absolute atomic E-state index is 0.0126. The molecule has 1 heterocycles. The van der Waals surface area contributed by atoms with Crippen molar-refractivity contribution in [3.63, 3.8) is 0 Å². The first kappa shape index (κ1) is 15.6. The Labute approximate surface area is 112 Å². The van der Waals surface area contributed by atoms with Crippen LogP contribution in [0, 0.1) is 11.3 Å². The summed E-state index contributed by atoms with van der Waals surface area (Å²) in [5.74, 6) is 0.204. The summed E-state index contributed by atoms with van der Waals surface area (Å²) < 4.78 is 6.06. The third-order valence-electron chi connectivity index (χ3n) is 3.58. The van der Waals surface area contributed by atoms with Crippen LogP contribution in [-0.2, 0) is 9.53 Å². The first-order valence-electron chi connectivity index (χ1n) is 6.90. The van der Waals surface area contributed by atoms with Gasteiger partial charge in [0.25, 0.3) is 0 Å². The highest BCUT2D eigenvalue weighted by atomic mass is 16.5. The summed E-state index contributed by atoms with van der Waals surface area (Å²) in [6.07, 6.45) is -0.265. The van der Waals surface area contributed by atoms with Gasteiger partial charge in [-0.15, -0.1) is 0 Å². The highest BCUT2D eigenvalue weighted by Crippen LogP contribution is 2.35. The molecule has 0 saturated carbocycles. The minimum atomic E-state index is -0.380. The van der Waals surface area contributed by atoms with E-state index >= 15 is 0 Å². The molecule has 2 unspecified atom stereocenters. The van der Waals surface area contributed by atoms with Crippen LogP contribution < -0.4 is 0 Å². The average Bonchev–Trinajstić information content (AvgIpc) is 2.58. The summed E-state index contributed by atoms with van der Waals surface area (Å²) in [4.78, 5) is 14.5. The first-order chi connectivity index (χ1) is 7.94. The molecule has 3 heteroatoms. The van der Waals surface area contributed by atoms with Gasteiger partial charge in [-0.1, -0.05) is 34.6 Å². The molecule has 2 atom stereocenters. The largest absolute Gasteiger partial charge is 0.351 e. The summed E-state index contributed by atoms with van der Waals surface area (Å²) in [6, 6.07) is 0. The summed E-state index contributed by atoms with van der Waals surface area (Å²) >= 11 is 0. The maximum absolute atomic E-state index is 12.3. The molecule has 1 aliphatic heterocycles. The maximum atomic E-state index is 12.3. The van der Waals surface area contributed by atoms with Crippen LogP contribution >= 0.6 is 0 Å². The van der Waals surface area contributed by atoms with Crippen LogP contribution in [0.25, 0.3) is 0 Å². The molecular formula is C15H29NO2. The standard InChI is InChI=1S/C15H29NO2/c1-10(2)12(17)13-16(15(6,7)8)9-11(18-13)14(3,4)5/h10-11,13H,9H2,1-8H3. The minimum Gasteiger partial charge on any atom is -0.351 e. The van der Waals surface area contributed by atoms with Crippen molar-refractivity contribution in [1.82, 2.24) is 4.90 Å². The van der Waals surface area contributed by atoms with Gasteiger partial charge in [-0.05, 0) is 26.2 Å². The molecular weight excluding hydrogens is 226 g/mol. The molecule has 0 aliphatic carbocycles. The molecule has 0 spiro atoms. The number of nitrogens with zero attached hydrogens (tertiary/aromatic N) is 1. The van der Waals surface area contributed by atoms with Crippen LogP contribution in [0.2, 0.25) is 0 Å². The van der Waals surface area contributed by atoms with Gasteiger partial charge in [0.15, 0.2) is 12.0 Å². The van der Waals surface area contributed by atoms with Crippen molar-refractivity contribution in [1.29, 1.82) is 0 Å². The Morgan fingerprint density at radius 2 is 1.67 bits per heavy atom. The van der Waals surface area contributed by atoms with Crippen molar-refractivity contribution in [3.05, 3.63) is 0 Å². The number of hydrogen-bond acceptors (Lipinski definition) is 3. The number of carbonyl (C=O) groups excluding carboxylic acids is 1. The number of carbonyl (C=O) groups is 1. The molecule has 0 aromatic carbocycles. The van der Waals surface area contributed by atoms with E-state index in [9.17, 15) is 4.79 Å². The predicted molar refractivity (Wildman–Crippen MR) is 74.4 cm³/mol. The number of Topliss-reactive ketones (excluding diaryl/α,β-unsaturated/α-hetero) is 1. The van der Waals surface area contributed by atoms with Gasteiger partial charge in [-0.3, -0.25) is 9.69 Å². The zero-order valence-electron chi connectivity index (χ0n) is 13.2. The van der Waals surface area contributed by atoms with Gasteiger partial charge >= 0.3 is 0 Å². The molecule has 3 nitrogen and oxygen atoms in total. The van der Waals surface area contributed by atoms with Crippen LogP contribution in [0.4, 0.5) is 0 Å². The SMILES string of the molecule is CC(C)C(=O)C1OC(C(C)(C)C)CN1C(C)(C)C. The van der Waals surface area contributed by atoms with E-state index < -0.39 is 0 Å². The lowest BCUT2D eigenvalue weighted by Crippen LogP contribution is -2.49. The van der Waals surface area contributed by atoms with Crippen molar-refractivity contribution in [3.8, 4) is 0 Å². The van der Waals surface area contributed by atoms with E-state index in [1.807, 2.05) is 13.8 Å². The van der Waals surface area contributed by atoms with E-state index in [1.165, 1.54) is 0 Å². The number of rotatable bonds is 2. The van der Waals surface area contributed by atoms with Gasteiger partial charge in [-0.25, -0.2) is 0 Å². The van der Waals surface area contributed by atoms with E-state index in [-0.39, 0.29) is 35.0 Å². The normalized spacial score (nSPS) is 26.9. The van der Waals surface area contributed by atoms with E-state index in [2.05, 4.69) is 46.4 Å². The molecule has 0 radical (unpaired) electrons. The van der Waals surface area contributed by atoms with Crippen molar-refractivity contribution >= 4 is 5.78 Å². The molecule has 1 aliphatic rings. The Morgan fingerprint density at radius 3 is 2.00 bits per heavy atom. The van der Waals surface area contributed by atoms with Crippen molar-refractivity contribution < 1.29 is 9.53 Å². The van der Waals surface area contributed by atoms with Crippen molar-refractivity contribution in [2.24, 2.45) is 11.3 Å². The Kier molecular flexibility index (Phi) is 4.29. The van der Waals surface area contributed by atoms with Gasteiger partial charge in [0.2, 0.25) is 0 Å². The summed E-state index contributed by atoms with van der Waals surface area (Å²) in [5.41, 5.74) is 0.0186. The van der Waals surface area contributed by atoms with Gasteiger partial charge < -0.3 is 4.74 Å². The van der Waals surface area contributed by atoms with E-state index in [0.29, 0.717) is 0 Å². The fraction of sp³-hybridized carbons (Fsp3) is 0.933. The molecule has 0 N–H and O–H groups in total. The molecule has 0 amide bonds. The monoisotopic (exact) mass is 255 g/mol. The predicted octanol–water partition coefficient (Wildman–Crippen LogP) is 3.08. The average molecular weight is 255 g/mol. The second-order valence-corrected chi connectivity index (χ2v) is 7.72. The fourth-order valence-electron chi connectivity index (χ4n) is 2.16. The third kappa shape index (κ3) is 3.33. The Hall–Kier alpha value is -0.410. The van der Waals surface area contributed by atoms with Crippen molar-refractivity contribution in [2.75, 3.05) is 6.54 Å². The lowest BCUT2D eigenvalue weighted by atomic mass is 9.88. The second kappa shape index (κ2) is 4.93. The van der Waals surface area contributed by atoms with Crippen LogP contribution in [0.15, 0.2) is 0 Å². The summed E-state index contributed by atoms with van der Waals surface area (Å²) in [6.45, 7) is 17.6. The van der Waals surface area contributed by atoms with Crippen LogP contribution in [0.3, 0.4) is 0 Å². The van der Waals surface area contributed by atoms with Crippen LogP contribution in [0.5, 0.6) is 0 Å². The lowest BCUT2D eigenvalue weighted by molar-refractivity contribution is -0.145. The molecule has 18 heavy (non-hydrogen) atoms. The summed E-state index contributed by atoms with van der Waals surface area (Å²) in [7, 11) is 0. The van der Waals surface area contributed by atoms with E-state index in [0.717, 1.165) is 6.54 Å². The first-order valence-corrected chi connectivity index (χ1v) is 6.90. The van der Waals surface area contributed by atoms with Gasteiger partial charge in [0.05, 0.1) is 6.10 Å². The zero-order chi connectivity index (χ0) is 14.3. The van der Waals surface area contributed by atoms with Gasteiger partial charge in [0.1, 0.15) is 0 Å².